The van der Waals surface area contributed by atoms with Crippen molar-refractivity contribution in [3.05, 3.63) is 59.3 Å². The SMILES string of the molecule is CCNC(=NCc1cccnc1N1CCN(C)CC1)N1CCc2ccccc2C1. The van der Waals surface area contributed by atoms with Crippen LogP contribution in [0.5, 0.6) is 0 Å². The van der Waals surface area contributed by atoms with E-state index in [0.29, 0.717) is 6.54 Å². The molecule has 0 bridgehead atoms. The molecule has 1 aromatic carbocycles. The van der Waals surface area contributed by atoms with E-state index in [2.05, 4.69) is 64.3 Å². The van der Waals surface area contributed by atoms with Gasteiger partial charge in [-0.2, -0.15) is 0 Å². The molecule has 2 aromatic rings. The van der Waals surface area contributed by atoms with Gasteiger partial charge in [0.15, 0.2) is 5.96 Å². The van der Waals surface area contributed by atoms with Gasteiger partial charge in [-0.1, -0.05) is 30.3 Å². The highest BCUT2D eigenvalue weighted by molar-refractivity contribution is 5.80. The Hall–Kier alpha value is -2.60. The lowest BCUT2D eigenvalue weighted by molar-refractivity contribution is 0.312. The van der Waals surface area contributed by atoms with Crippen LogP contribution in [0.25, 0.3) is 0 Å². The van der Waals surface area contributed by atoms with E-state index < -0.39 is 0 Å². The molecule has 6 nitrogen and oxygen atoms in total. The standard InChI is InChI=1S/C23H32N6/c1-3-24-23(29-12-10-19-7-4-5-8-21(19)18-29)26-17-20-9-6-11-25-22(20)28-15-13-27(2)14-16-28/h4-9,11H,3,10,12-18H2,1-2H3,(H,24,26). The quantitative estimate of drug-likeness (QED) is 0.639. The van der Waals surface area contributed by atoms with E-state index in [1.165, 1.54) is 16.7 Å². The maximum Gasteiger partial charge on any atom is 0.194 e. The number of benzene rings is 1. The number of hydrogen-bond acceptors (Lipinski definition) is 4. The van der Waals surface area contributed by atoms with Gasteiger partial charge in [-0.3, -0.25) is 0 Å². The van der Waals surface area contributed by atoms with Crippen LogP contribution in [-0.4, -0.2) is 67.1 Å². The van der Waals surface area contributed by atoms with Crippen LogP contribution in [0.4, 0.5) is 5.82 Å². The molecular formula is C23H32N6. The highest BCUT2D eigenvalue weighted by atomic mass is 15.3. The Morgan fingerprint density at radius 2 is 1.83 bits per heavy atom. The fraction of sp³-hybridized carbons (Fsp3) is 0.478. The molecule has 154 valence electrons. The predicted octanol–water partition coefficient (Wildman–Crippen LogP) is 2.36. The number of aliphatic imine (C=N–C) groups is 1. The molecule has 1 fully saturated rings. The van der Waals surface area contributed by atoms with Gasteiger partial charge in [-0.15, -0.1) is 0 Å². The van der Waals surface area contributed by atoms with Crippen LogP contribution in [0.1, 0.15) is 23.6 Å². The minimum atomic E-state index is 0.649. The number of piperazine rings is 1. The monoisotopic (exact) mass is 392 g/mol. The molecule has 0 spiro atoms. The molecular weight excluding hydrogens is 360 g/mol. The molecule has 6 heteroatoms. The molecule has 0 amide bonds. The summed E-state index contributed by atoms with van der Waals surface area (Å²) in [6.45, 7) is 9.77. The van der Waals surface area contributed by atoms with Gasteiger partial charge in [0.25, 0.3) is 0 Å². The van der Waals surface area contributed by atoms with Crippen molar-refractivity contribution in [2.24, 2.45) is 4.99 Å². The van der Waals surface area contributed by atoms with Gasteiger partial charge in [0.1, 0.15) is 5.82 Å². The molecule has 0 unspecified atom stereocenters. The van der Waals surface area contributed by atoms with E-state index in [0.717, 1.165) is 64.0 Å². The van der Waals surface area contributed by atoms with Gasteiger partial charge in [0.05, 0.1) is 6.54 Å². The van der Waals surface area contributed by atoms with Crippen LogP contribution in [-0.2, 0) is 19.5 Å². The average molecular weight is 393 g/mol. The molecule has 2 aliphatic heterocycles. The summed E-state index contributed by atoms with van der Waals surface area (Å²) in [7, 11) is 2.18. The number of aromatic nitrogens is 1. The third-order valence-electron chi connectivity index (χ3n) is 5.83. The van der Waals surface area contributed by atoms with Crippen molar-refractivity contribution in [1.29, 1.82) is 0 Å². The van der Waals surface area contributed by atoms with Crippen molar-refractivity contribution in [2.45, 2.75) is 26.4 Å². The van der Waals surface area contributed by atoms with Gasteiger partial charge in [0.2, 0.25) is 0 Å². The number of anilines is 1. The molecule has 1 aromatic heterocycles. The Morgan fingerprint density at radius 3 is 2.62 bits per heavy atom. The zero-order valence-electron chi connectivity index (χ0n) is 17.6. The molecule has 4 rings (SSSR count). The second-order valence-electron chi connectivity index (χ2n) is 7.89. The summed E-state index contributed by atoms with van der Waals surface area (Å²) in [5.74, 6) is 2.08. The first-order chi connectivity index (χ1) is 14.2. The van der Waals surface area contributed by atoms with Crippen molar-refractivity contribution in [1.82, 2.24) is 20.1 Å². The number of rotatable bonds is 4. The van der Waals surface area contributed by atoms with Crippen LogP contribution < -0.4 is 10.2 Å². The molecule has 0 radical (unpaired) electrons. The molecule has 2 aliphatic rings. The largest absolute Gasteiger partial charge is 0.356 e. The summed E-state index contributed by atoms with van der Waals surface area (Å²) in [5.41, 5.74) is 4.07. The fourth-order valence-corrected chi connectivity index (χ4v) is 4.12. The lowest BCUT2D eigenvalue weighted by Gasteiger charge is -2.34. The zero-order valence-corrected chi connectivity index (χ0v) is 17.6. The van der Waals surface area contributed by atoms with E-state index >= 15 is 0 Å². The Kier molecular flexibility index (Phi) is 6.30. The Labute approximate surface area is 174 Å². The highest BCUT2D eigenvalue weighted by Crippen LogP contribution is 2.21. The van der Waals surface area contributed by atoms with Crippen molar-refractivity contribution in [3.63, 3.8) is 0 Å². The van der Waals surface area contributed by atoms with E-state index in [1.54, 1.807) is 0 Å². The number of hydrogen-bond donors (Lipinski definition) is 1. The third kappa shape index (κ3) is 4.70. The van der Waals surface area contributed by atoms with Crippen LogP contribution in [0.3, 0.4) is 0 Å². The van der Waals surface area contributed by atoms with Crippen LogP contribution in [0.15, 0.2) is 47.6 Å². The van der Waals surface area contributed by atoms with Crippen molar-refractivity contribution >= 4 is 11.8 Å². The van der Waals surface area contributed by atoms with E-state index in [1.807, 2.05) is 12.3 Å². The first kappa shape index (κ1) is 19.7. The van der Waals surface area contributed by atoms with Gasteiger partial charge < -0.3 is 20.0 Å². The zero-order chi connectivity index (χ0) is 20.1. The minimum absolute atomic E-state index is 0.649. The maximum absolute atomic E-state index is 5.01. The number of nitrogens with one attached hydrogen (secondary N) is 1. The van der Waals surface area contributed by atoms with Crippen LogP contribution in [0.2, 0.25) is 0 Å². The van der Waals surface area contributed by atoms with Crippen LogP contribution in [0, 0.1) is 0 Å². The summed E-state index contributed by atoms with van der Waals surface area (Å²) < 4.78 is 0. The van der Waals surface area contributed by atoms with Gasteiger partial charge >= 0.3 is 0 Å². The number of likely N-dealkylation sites (N-methyl/N-ethyl adjacent to an activating group) is 1. The number of pyridine rings is 1. The molecule has 0 aliphatic carbocycles. The van der Waals surface area contributed by atoms with E-state index in [9.17, 15) is 0 Å². The Balaban J connectivity index is 1.51. The highest BCUT2D eigenvalue weighted by Gasteiger charge is 2.20. The summed E-state index contributed by atoms with van der Waals surface area (Å²) in [6, 6.07) is 12.9. The number of nitrogens with zero attached hydrogens (tertiary/aromatic N) is 5. The fourth-order valence-electron chi connectivity index (χ4n) is 4.12. The van der Waals surface area contributed by atoms with Gasteiger partial charge in [0, 0.05) is 57.6 Å². The molecule has 0 atom stereocenters. The second kappa shape index (κ2) is 9.27. The van der Waals surface area contributed by atoms with Crippen molar-refractivity contribution < 1.29 is 0 Å². The topological polar surface area (TPSA) is 47.0 Å². The van der Waals surface area contributed by atoms with Gasteiger partial charge in [-0.25, -0.2) is 9.98 Å². The summed E-state index contributed by atoms with van der Waals surface area (Å²) in [5, 5.41) is 3.49. The average Bonchev–Trinajstić information content (AvgIpc) is 2.77. The number of guanidine groups is 1. The Bertz CT molecular complexity index is 841. The summed E-state index contributed by atoms with van der Waals surface area (Å²) in [6.07, 6.45) is 2.97. The molecule has 1 saturated heterocycles. The molecule has 1 N–H and O–H groups in total. The maximum atomic E-state index is 5.01. The molecule has 3 heterocycles. The van der Waals surface area contributed by atoms with Crippen molar-refractivity contribution in [2.75, 3.05) is 51.2 Å². The van der Waals surface area contributed by atoms with E-state index in [-0.39, 0.29) is 0 Å². The second-order valence-corrected chi connectivity index (χ2v) is 7.89. The lowest BCUT2D eigenvalue weighted by atomic mass is 10.0. The first-order valence-electron chi connectivity index (χ1n) is 10.7. The molecule has 0 saturated carbocycles. The third-order valence-corrected chi connectivity index (χ3v) is 5.83. The normalized spacial score (nSPS) is 17.9. The predicted molar refractivity (Wildman–Crippen MR) is 119 cm³/mol. The van der Waals surface area contributed by atoms with Crippen LogP contribution >= 0.6 is 0 Å². The Morgan fingerprint density at radius 1 is 1.03 bits per heavy atom. The van der Waals surface area contributed by atoms with Crippen molar-refractivity contribution in [3.8, 4) is 0 Å². The minimum Gasteiger partial charge on any atom is -0.356 e. The van der Waals surface area contributed by atoms with E-state index in [4.69, 9.17) is 9.98 Å². The van der Waals surface area contributed by atoms with Gasteiger partial charge in [-0.05, 0) is 37.6 Å². The smallest absolute Gasteiger partial charge is 0.194 e. The number of fused-ring (bicyclic) bond motifs is 1. The lowest BCUT2D eigenvalue weighted by Crippen LogP contribution is -2.45. The molecule has 29 heavy (non-hydrogen) atoms. The summed E-state index contributed by atoms with van der Waals surface area (Å²) >= 11 is 0. The first-order valence-corrected chi connectivity index (χ1v) is 10.7. The summed E-state index contributed by atoms with van der Waals surface area (Å²) in [4.78, 5) is 16.8.